The Labute approximate surface area is 83.7 Å². The highest BCUT2D eigenvalue weighted by molar-refractivity contribution is 5.77. The molecule has 0 saturated heterocycles. The van der Waals surface area contributed by atoms with Gasteiger partial charge in [0.2, 0.25) is 5.91 Å². The maximum Gasteiger partial charge on any atom is 0.236 e. The van der Waals surface area contributed by atoms with Gasteiger partial charge in [-0.05, 0) is 12.1 Å². The molecular formula is C10H15N3O. The summed E-state index contributed by atoms with van der Waals surface area (Å²) in [5, 5.41) is 0. The molecule has 0 radical (unpaired) electrons. The number of carbonyl (C=O) groups excluding carboxylic acids is 1. The van der Waals surface area contributed by atoms with Crippen molar-refractivity contribution >= 4 is 5.91 Å². The van der Waals surface area contributed by atoms with Gasteiger partial charge in [-0.2, -0.15) is 0 Å². The lowest BCUT2D eigenvalue weighted by atomic mass is 10.2. The van der Waals surface area contributed by atoms with Crippen molar-refractivity contribution in [3.63, 3.8) is 0 Å². The second-order valence-corrected chi connectivity index (χ2v) is 3.09. The van der Waals surface area contributed by atoms with E-state index in [1.54, 1.807) is 18.1 Å². The largest absolute Gasteiger partial charge is 0.344 e. The normalized spacial score (nSPS) is 9.86. The van der Waals surface area contributed by atoms with Gasteiger partial charge >= 0.3 is 0 Å². The number of pyridine rings is 1. The molecule has 0 aliphatic rings. The third-order valence-corrected chi connectivity index (χ3v) is 2.03. The maximum atomic E-state index is 11.1. The minimum atomic E-state index is -0.0408. The molecule has 1 heterocycles. The number of nitrogens with two attached hydrogens (primary N) is 1. The van der Waals surface area contributed by atoms with Gasteiger partial charge in [0.1, 0.15) is 0 Å². The van der Waals surface area contributed by atoms with Crippen LogP contribution in [0.1, 0.15) is 5.69 Å². The van der Waals surface area contributed by atoms with Gasteiger partial charge in [0, 0.05) is 31.9 Å². The van der Waals surface area contributed by atoms with Crippen molar-refractivity contribution in [1.29, 1.82) is 0 Å². The number of amides is 1. The molecule has 4 nitrogen and oxygen atoms in total. The van der Waals surface area contributed by atoms with Crippen molar-refractivity contribution in [3.8, 4) is 0 Å². The van der Waals surface area contributed by atoms with Crippen molar-refractivity contribution in [2.24, 2.45) is 5.73 Å². The van der Waals surface area contributed by atoms with E-state index in [4.69, 9.17) is 5.73 Å². The Balaban J connectivity index is 2.38. The van der Waals surface area contributed by atoms with Crippen LogP contribution in [0.5, 0.6) is 0 Å². The molecule has 14 heavy (non-hydrogen) atoms. The summed E-state index contributed by atoms with van der Waals surface area (Å²) < 4.78 is 0. The zero-order chi connectivity index (χ0) is 10.4. The van der Waals surface area contributed by atoms with Gasteiger partial charge in [-0.15, -0.1) is 0 Å². The summed E-state index contributed by atoms with van der Waals surface area (Å²) in [5.74, 6) is -0.0408. The zero-order valence-corrected chi connectivity index (χ0v) is 8.31. The van der Waals surface area contributed by atoms with Crippen LogP contribution in [0.15, 0.2) is 24.4 Å². The Morgan fingerprint density at radius 1 is 1.57 bits per heavy atom. The molecule has 2 N–H and O–H groups in total. The van der Waals surface area contributed by atoms with Crippen molar-refractivity contribution < 1.29 is 4.79 Å². The van der Waals surface area contributed by atoms with Gasteiger partial charge in [0.05, 0.1) is 6.54 Å². The molecule has 0 aliphatic carbocycles. The smallest absolute Gasteiger partial charge is 0.236 e. The van der Waals surface area contributed by atoms with E-state index in [1.165, 1.54) is 0 Å². The molecular weight excluding hydrogens is 178 g/mol. The highest BCUT2D eigenvalue weighted by atomic mass is 16.2. The second kappa shape index (κ2) is 5.34. The second-order valence-electron chi connectivity index (χ2n) is 3.09. The van der Waals surface area contributed by atoms with Crippen molar-refractivity contribution in [2.75, 3.05) is 20.1 Å². The minimum Gasteiger partial charge on any atom is -0.344 e. The summed E-state index contributed by atoms with van der Waals surface area (Å²) in [4.78, 5) is 16.9. The van der Waals surface area contributed by atoms with Crippen LogP contribution in [0.3, 0.4) is 0 Å². The van der Waals surface area contributed by atoms with Crippen LogP contribution in [-0.4, -0.2) is 35.9 Å². The number of carbonyl (C=O) groups is 1. The predicted molar refractivity (Wildman–Crippen MR) is 54.6 cm³/mol. The molecule has 4 heteroatoms. The number of nitrogens with zero attached hydrogens (tertiary/aromatic N) is 2. The lowest BCUT2D eigenvalue weighted by Crippen LogP contribution is -2.34. The summed E-state index contributed by atoms with van der Waals surface area (Å²) in [7, 11) is 1.75. The first-order valence-corrected chi connectivity index (χ1v) is 4.58. The van der Waals surface area contributed by atoms with Gasteiger partial charge < -0.3 is 10.6 Å². The Hall–Kier alpha value is -1.42. The van der Waals surface area contributed by atoms with Crippen molar-refractivity contribution in [1.82, 2.24) is 9.88 Å². The zero-order valence-electron chi connectivity index (χ0n) is 8.31. The van der Waals surface area contributed by atoms with Crippen LogP contribution in [-0.2, 0) is 11.2 Å². The van der Waals surface area contributed by atoms with Crippen molar-refractivity contribution in [2.45, 2.75) is 6.42 Å². The molecule has 1 rings (SSSR count). The number of aromatic nitrogens is 1. The van der Waals surface area contributed by atoms with Crippen molar-refractivity contribution in [3.05, 3.63) is 30.1 Å². The number of hydrogen-bond donors (Lipinski definition) is 1. The molecule has 0 spiro atoms. The minimum absolute atomic E-state index is 0.0408. The van der Waals surface area contributed by atoms with Gasteiger partial charge in [-0.3, -0.25) is 9.78 Å². The fourth-order valence-electron chi connectivity index (χ4n) is 1.11. The van der Waals surface area contributed by atoms with Crippen LogP contribution in [0.2, 0.25) is 0 Å². The first-order valence-electron chi connectivity index (χ1n) is 4.58. The Morgan fingerprint density at radius 3 is 2.93 bits per heavy atom. The van der Waals surface area contributed by atoms with E-state index in [2.05, 4.69) is 4.98 Å². The van der Waals surface area contributed by atoms with Crippen LogP contribution in [0.25, 0.3) is 0 Å². The molecule has 0 bridgehead atoms. The van der Waals surface area contributed by atoms with Crippen LogP contribution >= 0.6 is 0 Å². The van der Waals surface area contributed by atoms with E-state index < -0.39 is 0 Å². The molecule has 0 atom stereocenters. The lowest BCUT2D eigenvalue weighted by Gasteiger charge is -2.15. The van der Waals surface area contributed by atoms with Crippen LogP contribution < -0.4 is 5.73 Å². The van der Waals surface area contributed by atoms with E-state index in [0.29, 0.717) is 6.54 Å². The molecule has 0 fully saturated rings. The summed E-state index contributed by atoms with van der Waals surface area (Å²) in [6.45, 7) is 0.728. The third kappa shape index (κ3) is 3.14. The maximum absolute atomic E-state index is 11.1. The molecule has 0 saturated carbocycles. The highest BCUT2D eigenvalue weighted by Gasteiger charge is 2.05. The number of rotatable bonds is 4. The fourth-order valence-corrected chi connectivity index (χ4v) is 1.11. The average Bonchev–Trinajstić information content (AvgIpc) is 2.26. The van der Waals surface area contributed by atoms with Gasteiger partial charge in [-0.1, -0.05) is 6.07 Å². The molecule has 76 valence electrons. The first kappa shape index (κ1) is 10.7. The molecule has 0 unspecified atom stereocenters. The number of hydrogen-bond acceptors (Lipinski definition) is 3. The van der Waals surface area contributed by atoms with Gasteiger partial charge in [-0.25, -0.2) is 0 Å². The first-order chi connectivity index (χ1) is 6.74. The van der Waals surface area contributed by atoms with Crippen LogP contribution in [0, 0.1) is 0 Å². The Morgan fingerprint density at radius 2 is 2.36 bits per heavy atom. The molecule has 1 amide bonds. The third-order valence-electron chi connectivity index (χ3n) is 2.03. The summed E-state index contributed by atoms with van der Waals surface area (Å²) in [5.41, 5.74) is 6.23. The van der Waals surface area contributed by atoms with Crippen LogP contribution in [0.4, 0.5) is 0 Å². The Bertz CT molecular complexity index is 287. The molecule has 1 aromatic rings. The molecule has 0 aliphatic heterocycles. The Kier molecular flexibility index (Phi) is 4.07. The predicted octanol–water partition coefficient (Wildman–Crippen LogP) is 0.0412. The van der Waals surface area contributed by atoms with E-state index in [0.717, 1.165) is 12.1 Å². The van der Waals surface area contributed by atoms with Gasteiger partial charge in [0.15, 0.2) is 0 Å². The topological polar surface area (TPSA) is 59.2 Å². The van der Waals surface area contributed by atoms with E-state index >= 15 is 0 Å². The standard InChI is InChI=1S/C10H15N3O/c1-13(10(14)8-11)7-5-9-4-2-3-6-12-9/h2-4,6H,5,7-8,11H2,1H3. The van der Waals surface area contributed by atoms with Gasteiger partial charge in [0.25, 0.3) is 0 Å². The van der Waals surface area contributed by atoms with E-state index in [1.807, 2.05) is 18.2 Å². The fraction of sp³-hybridized carbons (Fsp3) is 0.400. The average molecular weight is 193 g/mol. The lowest BCUT2D eigenvalue weighted by molar-refractivity contribution is -0.128. The summed E-state index contributed by atoms with van der Waals surface area (Å²) >= 11 is 0. The quantitative estimate of drug-likeness (QED) is 0.734. The van der Waals surface area contributed by atoms with E-state index in [-0.39, 0.29) is 12.5 Å². The summed E-state index contributed by atoms with van der Waals surface area (Å²) in [6.07, 6.45) is 2.52. The SMILES string of the molecule is CN(CCc1ccccn1)C(=O)CN. The number of likely N-dealkylation sites (N-methyl/N-ethyl adjacent to an activating group) is 1. The monoisotopic (exact) mass is 193 g/mol. The molecule has 0 aromatic carbocycles. The highest BCUT2D eigenvalue weighted by Crippen LogP contribution is 1.96. The van der Waals surface area contributed by atoms with E-state index in [9.17, 15) is 4.79 Å². The summed E-state index contributed by atoms with van der Waals surface area (Å²) in [6, 6.07) is 5.76. The molecule has 1 aromatic heterocycles.